The van der Waals surface area contributed by atoms with Crippen LogP contribution in [0.4, 0.5) is 20.2 Å². The van der Waals surface area contributed by atoms with Gasteiger partial charge in [0.2, 0.25) is 0 Å². The number of hydrogen-bond acceptors (Lipinski definition) is 5. The Balaban J connectivity index is 1.52. The summed E-state index contributed by atoms with van der Waals surface area (Å²) >= 11 is 0. The molecule has 0 aliphatic carbocycles. The maximum Gasteiger partial charge on any atom is 0.196 e. The zero-order chi connectivity index (χ0) is 25.0. The van der Waals surface area contributed by atoms with Crippen molar-refractivity contribution in [2.45, 2.75) is 18.4 Å². The quantitative estimate of drug-likeness (QED) is 0.444. The number of nitrogens with one attached hydrogen (secondary N) is 1. The van der Waals surface area contributed by atoms with Gasteiger partial charge in [-0.3, -0.25) is 4.79 Å². The second-order valence-electron chi connectivity index (χ2n) is 8.86. The van der Waals surface area contributed by atoms with Crippen LogP contribution >= 0.6 is 0 Å². The third kappa shape index (κ3) is 5.93. The lowest BCUT2D eigenvalue weighted by Crippen LogP contribution is -2.41. The second kappa shape index (κ2) is 10.4. The lowest BCUT2D eigenvalue weighted by molar-refractivity contribution is 0.0272. The molecule has 35 heavy (non-hydrogen) atoms. The fourth-order valence-electron chi connectivity index (χ4n) is 4.04. The first kappa shape index (κ1) is 24.6. The molecule has 0 radical (unpaired) electrons. The molecule has 0 aromatic heterocycles. The summed E-state index contributed by atoms with van der Waals surface area (Å²) in [5.41, 5.74) is 1.45. The highest BCUT2D eigenvalue weighted by Crippen LogP contribution is 2.28. The van der Waals surface area contributed by atoms with Crippen molar-refractivity contribution in [1.29, 1.82) is 0 Å². The van der Waals surface area contributed by atoms with E-state index in [1.54, 1.807) is 36.4 Å². The van der Waals surface area contributed by atoms with Crippen LogP contribution in [0.5, 0.6) is 5.75 Å². The Morgan fingerprint density at radius 2 is 1.77 bits per heavy atom. The molecule has 1 fully saturated rings. The van der Waals surface area contributed by atoms with Crippen LogP contribution in [-0.2, 0) is 0 Å². The van der Waals surface area contributed by atoms with E-state index in [0.717, 1.165) is 24.7 Å². The number of hydrogen-bond donors (Lipinski definition) is 2. The first-order chi connectivity index (χ1) is 16.8. The van der Waals surface area contributed by atoms with Gasteiger partial charge in [-0.15, -0.1) is 0 Å². The molecule has 1 heterocycles. The summed E-state index contributed by atoms with van der Waals surface area (Å²) in [5.74, 6) is -1.14. The smallest absolute Gasteiger partial charge is 0.196 e. The molecule has 0 unspecified atom stereocenters. The average molecular weight is 479 g/mol. The number of aliphatic hydroxyl groups is 1. The van der Waals surface area contributed by atoms with Gasteiger partial charge in [0.1, 0.15) is 17.4 Å². The lowest BCUT2D eigenvalue weighted by atomic mass is 9.90. The van der Waals surface area contributed by atoms with E-state index in [1.165, 1.54) is 19.2 Å². The Hall–Kier alpha value is -3.55. The van der Waals surface area contributed by atoms with Gasteiger partial charge >= 0.3 is 0 Å². The maximum absolute atomic E-state index is 13.9. The number of ether oxygens (including phenoxy) is 1. The van der Waals surface area contributed by atoms with Crippen molar-refractivity contribution < 1.29 is 23.4 Å². The molecule has 1 aliphatic rings. The SMILES string of the molecule is COc1ccc(C=CC2(O)CCN(C)CC2)cc1C(=O)c1ccc(Nc2ccc(F)cc2F)cc1. The van der Waals surface area contributed by atoms with Crippen molar-refractivity contribution >= 4 is 23.2 Å². The topological polar surface area (TPSA) is 61.8 Å². The van der Waals surface area contributed by atoms with E-state index in [4.69, 9.17) is 4.74 Å². The maximum atomic E-state index is 13.9. The fourth-order valence-corrected chi connectivity index (χ4v) is 4.04. The summed E-state index contributed by atoms with van der Waals surface area (Å²) in [6.45, 7) is 1.65. The molecule has 1 saturated heterocycles. The Morgan fingerprint density at radius 1 is 1.06 bits per heavy atom. The molecule has 3 aromatic rings. The predicted molar refractivity (Wildman–Crippen MR) is 133 cm³/mol. The molecule has 5 nitrogen and oxygen atoms in total. The van der Waals surface area contributed by atoms with Gasteiger partial charge in [0.15, 0.2) is 5.78 Å². The van der Waals surface area contributed by atoms with Gasteiger partial charge in [0, 0.05) is 30.4 Å². The van der Waals surface area contributed by atoms with Crippen LogP contribution in [0, 0.1) is 11.6 Å². The second-order valence-corrected chi connectivity index (χ2v) is 8.86. The first-order valence-corrected chi connectivity index (χ1v) is 11.4. The van der Waals surface area contributed by atoms with Crippen LogP contribution in [0.15, 0.2) is 66.7 Å². The van der Waals surface area contributed by atoms with Crippen molar-refractivity contribution in [3.63, 3.8) is 0 Å². The fraction of sp³-hybridized carbons (Fsp3) is 0.250. The zero-order valence-electron chi connectivity index (χ0n) is 19.7. The van der Waals surface area contributed by atoms with E-state index in [-0.39, 0.29) is 11.5 Å². The molecular weight excluding hydrogens is 450 g/mol. The summed E-state index contributed by atoms with van der Waals surface area (Å²) in [6.07, 6.45) is 4.96. The van der Waals surface area contributed by atoms with E-state index < -0.39 is 17.2 Å². The third-order valence-corrected chi connectivity index (χ3v) is 6.26. The summed E-state index contributed by atoms with van der Waals surface area (Å²) in [6, 6.07) is 15.2. The normalized spacial score (nSPS) is 15.8. The molecule has 0 spiro atoms. The van der Waals surface area contributed by atoms with Gasteiger partial charge in [0.05, 0.1) is 24.0 Å². The Morgan fingerprint density at radius 3 is 2.43 bits per heavy atom. The van der Waals surface area contributed by atoms with Crippen molar-refractivity contribution in [1.82, 2.24) is 4.90 Å². The molecular formula is C28H28F2N2O3. The van der Waals surface area contributed by atoms with Gasteiger partial charge < -0.3 is 20.1 Å². The number of piperidine rings is 1. The van der Waals surface area contributed by atoms with Crippen molar-refractivity contribution in [3.05, 3.63) is 95.1 Å². The van der Waals surface area contributed by atoms with Crippen molar-refractivity contribution in [3.8, 4) is 5.75 Å². The minimum atomic E-state index is -0.858. The number of anilines is 2. The minimum absolute atomic E-state index is 0.137. The average Bonchev–Trinajstić information content (AvgIpc) is 2.86. The number of methoxy groups -OCH3 is 1. The lowest BCUT2D eigenvalue weighted by Gasteiger charge is -2.34. The van der Waals surface area contributed by atoms with Crippen LogP contribution < -0.4 is 10.1 Å². The van der Waals surface area contributed by atoms with E-state index in [1.807, 2.05) is 25.3 Å². The number of carbonyl (C=O) groups is 1. The van der Waals surface area contributed by atoms with Gasteiger partial charge in [-0.25, -0.2) is 8.78 Å². The highest BCUT2D eigenvalue weighted by molar-refractivity contribution is 6.11. The molecule has 0 bridgehead atoms. The molecule has 4 rings (SSSR count). The third-order valence-electron chi connectivity index (χ3n) is 6.26. The van der Waals surface area contributed by atoms with E-state index >= 15 is 0 Å². The first-order valence-electron chi connectivity index (χ1n) is 11.4. The van der Waals surface area contributed by atoms with Crippen LogP contribution in [0.2, 0.25) is 0 Å². The standard InChI is InChI=1S/C28H28F2N2O3/c1-32-15-13-28(34,14-16-32)12-11-19-3-10-26(35-2)23(17-19)27(33)20-4-7-22(8-5-20)31-25-9-6-21(29)18-24(25)30/h3-12,17-18,31,34H,13-16H2,1-2H3. The van der Waals surface area contributed by atoms with E-state index in [0.29, 0.717) is 35.4 Å². The van der Waals surface area contributed by atoms with Gasteiger partial charge in [0.25, 0.3) is 0 Å². The molecule has 1 aliphatic heterocycles. The van der Waals surface area contributed by atoms with Gasteiger partial charge in [-0.05, 0) is 74.0 Å². The number of halogens is 2. The highest BCUT2D eigenvalue weighted by atomic mass is 19.1. The Labute approximate surface area is 203 Å². The summed E-state index contributed by atoms with van der Waals surface area (Å²) in [5, 5.41) is 13.7. The van der Waals surface area contributed by atoms with E-state index in [2.05, 4.69) is 10.2 Å². The number of carbonyl (C=O) groups excluding carboxylic acids is 1. The van der Waals surface area contributed by atoms with Crippen LogP contribution in [0.1, 0.15) is 34.3 Å². The molecule has 0 amide bonds. The molecule has 182 valence electrons. The van der Waals surface area contributed by atoms with Crippen LogP contribution in [-0.4, -0.2) is 48.6 Å². The monoisotopic (exact) mass is 478 g/mol. The van der Waals surface area contributed by atoms with Gasteiger partial charge in [-0.2, -0.15) is 0 Å². The summed E-state index contributed by atoms with van der Waals surface area (Å²) < 4.78 is 32.4. The number of nitrogens with zero attached hydrogens (tertiary/aromatic N) is 1. The summed E-state index contributed by atoms with van der Waals surface area (Å²) in [7, 11) is 3.54. The van der Waals surface area contributed by atoms with Crippen LogP contribution in [0.25, 0.3) is 6.08 Å². The molecule has 2 N–H and O–H groups in total. The van der Waals surface area contributed by atoms with Gasteiger partial charge in [-0.1, -0.05) is 18.2 Å². The Bertz CT molecular complexity index is 1230. The zero-order valence-corrected chi connectivity index (χ0v) is 19.7. The number of benzene rings is 3. The van der Waals surface area contributed by atoms with Crippen LogP contribution in [0.3, 0.4) is 0 Å². The Kier molecular flexibility index (Phi) is 7.28. The number of likely N-dealkylation sites (tertiary alicyclic amines) is 1. The molecule has 3 aromatic carbocycles. The largest absolute Gasteiger partial charge is 0.496 e. The molecule has 0 saturated carbocycles. The molecule has 0 atom stereocenters. The van der Waals surface area contributed by atoms with Crippen molar-refractivity contribution in [2.75, 3.05) is 32.6 Å². The summed E-state index contributed by atoms with van der Waals surface area (Å²) in [4.78, 5) is 15.4. The van der Waals surface area contributed by atoms with Crippen molar-refractivity contribution in [2.24, 2.45) is 0 Å². The predicted octanol–water partition coefficient (Wildman–Crippen LogP) is 5.42. The number of ketones is 1. The number of rotatable bonds is 7. The highest BCUT2D eigenvalue weighted by Gasteiger charge is 2.28. The van der Waals surface area contributed by atoms with E-state index in [9.17, 15) is 18.7 Å². The molecule has 7 heteroatoms. The minimum Gasteiger partial charge on any atom is -0.496 e.